The minimum Gasteiger partial charge on any atom is -0.336 e. The van der Waals surface area contributed by atoms with Gasteiger partial charge in [-0.05, 0) is 38.2 Å². The molecule has 1 fully saturated rings. The highest BCUT2D eigenvalue weighted by Crippen LogP contribution is 2.23. The number of sulfonamides is 1. The number of hydrogen-bond acceptors (Lipinski definition) is 6. The Morgan fingerprint density at radius 1 is 1.35 bits per heavy atom. The van der Waals surface area contributed by atoms with Crippen molar-refractivity contribution in [2.75, 3.05) is 0 Å². The van der Waals surface area contributed by atoms with Crippen molar-refractivity contribution < 1.29 is 12.9 Å². The van der Waals surface area contributed by atoms with Crippen molar-refractivity contribution in [1.29, 1.82) is 0 Å². The first-order chi connectivity index (χ1) is 10.5. The van der Waals surface area contributed by atoms with Gasteiger partial charge in [0.1, 0.15) is 4.90 Å². The normalized spacial score (nSPS) is 22.0. The van der Waals surface area contributed by atoms with Crippen molar-refractivity contribution in [3.05, 3.63) is 18.0 Å². The molecule has 1 saturated carbocycles. The number of halogens is 1. The Balaban J connectivity index is 0.00000192. The number of aryl methyl sites for hydroxylation is 1. The summed E-state index contributed by atoms with van der Waals surface area (Å²) in [5.41, 5.74) is 6.92. The first kappa shape index (κ1) is 18.1. The Hall–Kier alpha value is -1.22. The predicted octanol–water partition coefficient (Wildman–Crippen LogP) is 1.76. The Bertz CT molecular complexity index is 769. The van der Waals surface area contributed by atoms with E-state index in [9.17, 15) is 8.42 Å². The van der Waals surface area contributed by atoms with Gasteiger partial charge >= 0.3 is 0 Å². The van der Waals surface area contributed by atoms with Gasteiger partial charge in [-0.15, -0.1) is 12.4 Å². The average molecular weight is 361 g/mol. The molecule has 2 heterocycles. The molecule has 9 heteroatoms. The summed E-state index contributed by atoms with van der Waals surface area (Å²) >= 11 is 0. The van der Waals surface area contributed by atoms with E-state index in [0.29, 0.717) is 23.2 Å². The molecule has 0 radical (unpaired) electrons. The van der Waals surface area contributed by atoms with Crippen LogP contribution >= 0.6 is 12.4 Å². The van der Waals surface area contributed by atoms with Crippen LogP contribution in [0.2, 0.25) is 0 Å². The first-order valence-electron chi connectivity index (χ1n) is 7.52. The molecule has 0 unspecified atom stereocenters. The quantitative estimate of drug-likeness (QED) is 0.859. The van der Waals surface area contributed by atoms with Crippen LogP contribution in [0.5, 0.6) is 0 Å². The van der Waals surface area contributed by atoms with Crippen molar-refractivity contribution in [2.24, 2.45) is 5.73 Å². The van der Waals surface area contributed by atoms with Gasteiger partial charge in [-0.25, -0.2) is 18.1 Å². The van der Waals surface area contributed by atoms with Crippen molar-refractivity contribution >= 4 is 33.5 Å². The van der Waals surface area contributed by atoms with Crippen molar-refractivity contribution in [3.63, 3.8) is 0 Å². The summed E-state index contributed by atoms with van der Waals surface area (Å²) < 4.78 is 32.9. The van der Waals surface area contributed by atoms with Crippen LogP contribution in [0, 0.1) is 0 Å². The molecule has 0 aliphatic heterocycles. The number of nitrogens with zero attached hydrogens (tertiary/aromatic N) is 2. The molecule has 7 nitrogen and oxygen atoms in total. The van der Waals surface area contributed by atoms with E-state index in [0.717, 1.165) is 25.7 Å². The highest BCUT2D eigenvalue weighted by Gasteiger charge is 2.25. The SMILES string of the molecule is CCc1noc2ncc(S(=O)(=O)NC3CCC(N)CC3)cc12.Cl. The Morgan fingerprint density at radius 2 is 2.04 bits per heavy atom. The first-order valence-corrected chi connectivity index (χ1v) is 9.00. The fourth-order valence-electron chi connectivity index (χ4n) is 2.79. The topological polar surface area (TPSA) is 111 Å². The maximum atomic E-state index is 12.5. The molecule has 0 spiro atoms. The highest BCUT2D eigenvalue weighted by molar-refractivity contribution is 7.89. The third-order valence-corrected chi connectivity index (χ3v) is 5.61. The lowest BCUT2D eigenvalue weighted by Gasteiger charge is -2.26. The van der Waals surface area contributed by atoms with Crippen LogP contribution in [0.3, 0.4) is 0 Å². The van der Waals surface area contributed by atoms with Gasteiger partial charge in [0.25, 0.3) is 5.71 Å². The fourth-order valence-corrected chi connectivity index (χ4v) is 4.06. The van der Waals surface area contributed by atoms with Crippen LogP contribution < -0.4 is 10.5 Å². The summed E-state index contributed by atoms with van der Waals surface area (Å²) in [6.07, 6.45) is 5.19. The van der Waals surface area contributed by atoms with Crippen molar-refractivity contribution in [1.82, 2.24) is 14.9 Å². The molecule has 2 aromatic heterocycles. The minimum atomic E-state index is -3.59. The molecule has 0 aromatic carbocycles. The zero-order chi connectivity index (χ0) is 15.7. The molecule has 0 amide bonds. The molecule has 0 atom stereocenters. The number of fused-ring (bicyclic) bond motifs is 1. The van der Waals surface area contributed by atoms with Crippen LogP contribution in [-0.4, -0.2) is 30.6 Å². The van der Waals surface area contributed by atoms with Gasteiger partial charge < -0.3 is 10.3 Å². The van der Waals surface area contributed by atoms with Crippen LogP contribution in [0.15, 0.2) is 21.7 Å². The fraction of sp³-hybridized carbons (Fsp3) is 0.571. The highest BCUT2D eigenvalue weighted by atomic mass is 35.5. The van der Waals surface area contributed by atoms with E-state index in [1.807, 2.05) is 6.92 Å². The third kappa shape index (κ3) is 3.82. The van der Waals surface area contributed by atoms with Gasteiger partial charge in [0.2, 0.25) is 10.0 Å². The number of rotatable bonds is 4. The van der Waals surface area contributed by atoms with E-state index in [2.05, 4.69) is 14.9 Å². The molecule has 0 bridgehead atoms. The molecule has 1 aliphatic rings. The average Bonchev–Trinajstić information content (AvgIpc) is 2.91. The number of aromatic nitrogens is 2. The maximum Gasteiger partial charge on any atom is 0.258 e. The lowest BCUT2D eigenvalue weighted by Crippen LogP contribution is -2.40. The lowest BCUT2D eigenvalue weighted by molar-refractivity contribution is 0.373. The van der Waals surface area contributed by atoms with E-state index in [1.54, 1.807) is 6.07 Å². The summed E-state index contributed by atoms with van der Waals surface area (Å²) in [7, 11) is -3.59. The molecular weight excluding hydrogens is 340 g/mol. The van der Waals surface area contributed by atoms with Gasteiger partial charge in [0, 0.05) is 12.1 Å². The van der Waals surface area contributed by atoms with Gasteiger partial charge in [-0.1, -0.05) is 12.1 Å². The Morgan fingerprint density at radius 3 is 2.70 bits per heavy atom. The number of hydrogen-bond donors (Lipinski definition) is 2. The summed E-state index contributed by atoms with van der Waals surface area (Å²) in [6, 6.07) is 1.70. The summed E-state index contributed by atoms with van der Waals surface area (Å²) in [5.74, 6) is 0. The van der Waals surface area contributed by atoms with Gasteiger partial charge in [-0.2, -0.15) is 0 Å². The van der Waals surface area contributed by atoms with E-state index in [1.165, 1.54) is 6.20 Å². The van der Waals surface area contributed by atoms with Gasteiger partial charge in [-0.3, -0.25) is 0 Å². The largest absolute Gasteiger partial charge is 0.336 e. The number of nitrogens with one attached hydrogen (secondary N) is 1. The van der Waals surface area contributed by atoms with E-state index < -0.39 is 10.0 Å². The van der Waals surface area contributed by atoms with Crippen LogP contribution in [0.4, 0.5) is 0 Å². The molecular formula is C14H21ClN4O3S. The number of pyridine rings is 1. The second kappa shape index (κ2) is 7.12. The van der Waals surface area contributed by atoms with E-state index in [-0.39, 0.29) is 29.4 Å². The summed E-state index contributed by atoms with van der Waals surface area (Å²) in [6.45, 7) is 1.93. The molecule has 128 valence electrons. The Labute approximate surface area is 141 Å². The molecule has 23 heavy (non-hydrogen) atoms. The van der Waals surface area contributed by atoms with Crippen molar-refractivity contribution in [2.45, 2.75) is 56.0 Å². The smallest absolute Gasteiger partial charge is 0.258 e. The number of nitrogens with two attached hydrogens (primary N) is 1. The summed E-state index contributed by atoms with van der Waals surface area (Å²) in [4.78, 5) is 4.20. The van der Waals surface area contributed by atoms with Crippen molar-refractivity contribution in [3.8, 4) is 0 Å². The van der Waals surface area contributed by atoms with Crippen LogP contribution in [0.25, 0.3) is 11.1 Å². The third-order valence-electron chi connectivity index (χ3n) is 4.12. The van der Waals surface area contributed by atoms with Crippen LogP contribution in [0.1, 0.15) is 38.3 Å². The molecule has 2 aromatic rings. The van der Waals surface area contributed by atoms with E-state index in [4.69, 9.17) is 10.3 Å². The molecule has 1 aliphatic carbocycles. The standard InChI is InChI=1S/C14H20N4O3S.ClH/c1-2-13-12-7-11(8-16-14(12)21-17-13)22(19,20)18-10-5-3-9(15)4-6-10;/h7-10,18H,2-6,15H2,1H3;1H. The zero-order valence-electron chi connectivity index (χ0n) is 12.9. The van der Waals surface area contributed by atoms with Gasteiger partial charge in [0.05, 0.1) is 17.3 Å². The monoisotopic (exact) mass is 360 g/mol. The van der Waals surface area contributed by atoms with Crippen LogP contribution in [-0.2, 0) is 16.4 Å². The maximum absolute atomic E-state index is 12.5. The second-order valence-corrected chi connectivity index (χ2v) is 7.45. The predicted molar refractivity (Wildman–Crippen MR) is 89.0 cm³/mol. The molecule has 3 rings (SSSR count). The zero-order valence-corrected chi connectivity index (χ0v) is 14.5. The second-order valence-electron chi connectivity index (χ2n) is 5.74. The lowest BCUT2D eigenvalue weighted by atomic mass is 9.93. The minimum absolute atomic E-state index is 0. The van der Waals surface area contributed by atoms with E-state index >= 15 is 0 Å². The molecule has 3 N–H and O–H groups in total. The molecule has 0 saturated heterocycles. The Kier molecular flexibility index (Phi) is 5.61. The van der Waals surface area contributed by atoms with Gasteiger partial charge in [0.15, 0.2) is 0 Å². The summed E-state index contributed by atoms with van der Waals surface area (Å²) in [5, 5.41) is 4.54.